The normalized spacial score (nSPS) is 20.8. The molecule has 2 heterocycles. The molecule has 0 spiro atoms. The van der Waals surface area contributed by atoms with Gasteiger partial charge in [0.15, 0.2) is 0 Å². The average molecular weight is 248 g/mol. The summed E-state index contributed by atoms with van der Waals surface area (Å²) in [6.45, 7) is 1.05. The second kappa shape index (κ2) is 4.48. The summed E-state index contributed by atoms with van der Waals surface area (Å²) in [5.74, 6) is -1.86. The van der Waals surface area contributed by atoms with Crippen LogP contribution in [0.4, 0.5) is 13.2 Å². The molecular formula is C10H11F3N2O2. The molecule has 0 bridgehead atoms. The maximum absolute atomic E-state index is 12.1. The topological polar surface area (TPSA) is 44.1 Å². The summed E-state index contributed by atoms with van der Waals surface area (Å²) in [6, 6.07) is 0. The number of rotatable bonds is 3. The molecule has 2 rings (SSSR count). The maximum atomic E-state index is 12.1. The number of carbonyl (C=O) groups is 1. The Kier molecular flexibility index (Phi) is 3.19. The van der Waals surface area contributed by atoms with Gasteiger partial charge in [-0.15, -0.1) is 0 Å². The fourth-order valence-corrected chi connectivity index (χ4v) is 1.74. The maximum Gasteiger partial charge on any atom is 0.454 e. The summed E-state index contributed by atoms with van der Waals surface area (Å²) in [7, 11) is 0. The van der Waals surface area contributed by atoms with Crippen LogP contribution in [0.15, 0.2) is 12.4 Å². The third kappa shape index (κ3) is 2.85. The molecule has 94 valence electrons. The van der Waals surface area contributed by atoms with Gasteiger partial charge in [0.25, 0.3) is 5.78 Å². The quantitative estimate of drug-likeness (QED) is 0.766. The molecule has 1 fully saturated rings. The number of halogens is 3. The van der Waals surface area contributed by atoms with Crippen LogP contribution in [0.3, 0.4) is 0 Å². The molecule has 0 N–H and O–H groups in total. The second-order valence-corrected chi connectivity index (χ2v) is 3.91. The van der Waals surface area contributed by atoms with Gasteiger partial charge in [0.1, 0.15) is 0 Å². The molecule has 4 nitrogen and oxygen atoms in total. The van der Waals surface area contributed by atoms with Crippen LogP contribution in [0.2, 0.25) is 0 Å². The molecule has 1 aliphatic rings. The first-order valence-electron chi connectivity index (χ1n) is 5.22. The van der Waals surface area contributed by atoms with Crippen molar-refractivity contribution in [3.63, 3.8) is 0 Å². The fraction of sp³-hybridized carbons (Fsp3) is 0.600. The van der Waals surface area contributed by atoms with Gasteiger partial charge in [0.05, 0.1) is 24.4 Å². The number of alkyl halides is 3. The molecule has 1 saturated heterocycles. The Morgan fingerprint density at radius 1 is 1.59 bits per heavy atom. The third-order valence-electron chi connectivity index (χ3n) is 2.57. The van der Waals surface area contributed by atoms with Crippen molar-refractivity contribution in [3.8, 4) is 0 Å². The smallest absolute Gasteiger partial charge is 0.376 e. The molecule has 0 unspecified atom stereocenters. The Morgan fingerprint density at radius 2 is 2.35 bits per heavy atom. The van der Waals surface area contributed by atoms with Crippen LogP contribution >= 0.6 is 0 Å². The lowest BCUT2D eigenvalue weighted by Crippen LogP contribution is -2.22. The molecule has 1 atom stereocenters. The number of hydrogen-bond acceptors (Lipinski definition) is 3. The summed E-state index contributed by atoms with van der Waals surface area (Å²) in [5, 5.41) is 3.73. The van der Waals surface area contributed by atoms with Crippen molar-refractivity contribution in [2.75, 3.05) is 6.61 Å². The van der Waals surface area contributed by atoms with E-state index in [1.54, 1.807) is 0 Å². The lowest BCUT2D eigenvalue weighted by atomic mass is 10.2. The number of hydrogen-bond donors (Lipinski definition) is 0. The molecule has 17 heavy (non-hydrogen) atoms. The van der Waals surface area contributed by atoms with Crippen LogP contribution in [0.5, 0.6) is 0 Å². The summed E-state index contributed by atoms with van der Waals surface area (Å²) in [6.07, 6.45) is -1.02. The lowest BCUT2D eigenvalue weighted by Gasteiger charge is -2.08. The molecule has 7 heteroatoms. The number of ketones is 1. The summed E-state index contributed by atoms with van der Waals surface area (Å²) >= 11 is 0. The Hall–Kier alpha value is -1.37. The van der Waals surface area contributed by atoms with Crippen molar-refractivity contribution < 1.29 is 22.7 Å². The van der Waals surface area contributed by atoms with E-state index in [1.165, 1.54) is 4.68 Å². The van der Waals surface area contributed by atoms with Gasteiger partial charge in [0.2, 0.25) is 0 Å². The zero-order chi connectivity index (χ0) is 12.5. The van der Waals surface area contributed by atoms with Gasteiger partial charge in [-0.25, -0.2) is 0 Å². The number of aromatic nitrogens is 2. The number of Topliss-reactive ketones (excluding diaryl/α,β-unsaturated/α-hetero) is 1. The van der Waals surface area contributed by atoms with Crippen molar-refractivity contribution in [2.24, 2.45) is 0 Å². The summed E-state index contributed by atoms with van der Waals surface area (Å²) in [5.41, 5.74) is -0.435. The monoisotopic (exact) mass is 248 g/mol. The highest BCUT2D eigenvalue weighted by molar-refractivity contribution is 5.99. The highest BCUT2D eigenvalue weighted by Crippen LogP contribution is 2.21. The fourth-order valence-electron chi connectivity index (χ4n) is 1.74. The third-order valence-corrected chi connectivity index (χ3v) is 2.57. The molecule has 1 aromatic heterocycles. The molecule has 0 radical (unpaired) electrons. The molecule has 0 aliphatic carbocycles. The van der Waals surface area contributed by atoms with Gasteiger partial charge in [-0.1, -0.05) is 0 Å². The standard InChI is InChI=1S/C10H11F3N2O2/c11-10(12,13)9(16)7-4-14-15(5-7)6-8-2-1-3-17-8/h4-5,8H,1-3,6H2/t8-/m0/s1. The highest BCUT2D eigenvalue weighted by Gasteiger charge is 2.40. The van der Waals surface area contributed by atoms with Crippen LogP contribution in [0, 0.1) is 0 Å². The largest absolute Gasteiger partial charge is 0.454 e. The Labute approximate surface area is 95.4 Å². The van der Waals surface area contributed by atoms with E-state index in [0.29, 0.717) is 13.2 Å². The minimum absolute atomic E-state index is 0.0243. The predicted octanol–water partition coefficient (Wildman–Crippen LogP) is 1.81. The predicted molar refractivity (Wildman–Crippen MR) is 51.6 cm³/mol. The van der Waals surface area contributed by atoms with E-state index in [2.05, 4.69) is 5.10 Å². The van der Waals surface area contributed by atoms with E-state index in [9.17, 15) is 18.0 Å². The average Bonchev–Trinajstić information content (AvgIpc) is 2.87. The van der Waals surface area contributed by atoms with E-state index >= 15 is 0 Å². The van der Waals surface area contributed by atoms with Gasteiger partial charge in [0, 0.05) is 12.8 Å². The Morgan fingerprint density at radius 3 is 2.94 bits per heavy atom. The number of ether oxygens (including phenoxy) is 1. The van der Waals surface area contributed by atoms with E-state index in [0.717, 1.165) is 25.2 Å². The Balaban J connectivity index is 2.02. The number of carbonyl (C=O) groups excluding carboxylic acids is 1. The van der Waals surface area contributed by atoms with Gasteiger partial charge >= 0.3 is 6.18 Å². The SMILES string of the molecule is O=C(c1cnn(C[C@@H]2CCCO2)c1)C(F)(F)F. The molecule has 0 amide bonds. The van der Waals surface area contributed by atoms with Gasteiger partial charge in [-0.2, -0.15) is 18.3 Å². The van der Waals surface area contributed by atoms with Crippen molar-refractivity contribution in [3.05, 3.63) is 18.0 Å². The zero-order valence-electron chi connectivity index (χ0n) is 8.91. The first kappa shape index (κ1) is 12.1. The van der Waals surface area contributed by atoms with Gasteiger partial charge < -0.3 is 4.74 Å². The molecule has 1 aromatic rings. The van der Waals surface area contributed by atoms with Crippen molar-refractivity contribution in [1.82, 2.24) is 9.78 Å². The van der Waals surface area contributed by atoms with E-state index in [-0.39, 0.29) is 6.10 Å². The number of nitrogens with zero attached hydrogens (tertiary/aromatic N) is 2. The minimum atomic E-state index is -4.85. The van der Waals surface area contributed by atoms with E-state index in [1.807, 2.05) is 0 Å². The second-order valence-electron chi connectivity index (χ2n) is 3.91. The Bertz CT molecular complexity index is 408. The van der Waals surface area contributed by atoms with Gasteiger partial charge in [-0.05, 0) is 12.8 Å². The first-order valence-corrected chi connectivity index (χ1v) is 5.22. The van der Waals surface area contributed by atoms with E-state index < -0.39 is 17.5 Å². The molecule has 0 aromatic carbocycles. The van der Waals surface area contributed by atoms with Crippen molar-refractivity contribution in [1.29, 1.82) is 0 Å². The zero-order valence-corrected chi connectivity index (χ0v) is 8.91. The van der Waals surface area contributed by atoms with Crippen LogP contribution in [0.1, 0.15) is 23.2 Å². The van der Waals surface area contributed by atoms with Crippen molar-refractivity contribution >= 4 is 5.78 Å². The highest BCUT2D eigenvalue weighted by atomic mass is 19.4. The van der Waals surface area contributed by atoms with E-state index in [4.69, 9.17) is 4.74 Å². The lowest BCUT2D eigenvalue weighted by molar-refractivity contribution is -0.0885. The van der Waals surface area contributed by atoms with Gasteiger partial charge in [-0.3, -0.25) is 9.48 Å². The molecule has 0 saturated carbocycles. The van der Waals surface area contributed by atoms with Crippen LogP contribution < -0.4 is 0 Å². The summed E-state index contributed by atoms with van der Waals surface area (Å²) in [4.78, 5) is 10.9. The first-order chi connectivity index (χ1) is 7.97. The minimum Gasteiger partial charge on any atom is -0.376 e. The van der Waals surface area contributed by atoms with Crippen LogP contribution in [0.25, 0.3) is 0 Å². The van der Waals surface area contributed by atoms with Crippen LogP contribution in [-0.4, -0.2) is 34.5 Å². The molecular weight excluding hydrogens is 237 g/mol. The van der Waals surface area contributed by atoms with Crippen LogP contribution in [-0.2, 0) is 11.3 Å². The summed E-state index contributed by atoms with van der Waals surface area (Å²) < 4.78 is 43.1. The molecule has 1 aliphatic heterocycles. The van der Waals surface area contributed by atoms with Crippen molar-refractivity contribution in [2.45, 2.75) is 31.7 Å².